The SMILES string of the molecule is COc1ccc(Br)c(NC(=O)CC2(CN)CCCCC2)c1.Cl. The Hall–Kier alpha value is -0.780. The minimum Gasteiger partial charge on any atom is -0.497 e. The van der Waals surface area contributed by atoms with E-state index in [0.29, 0.717) is 13.0 Å². The van der Waals surface area contributed by atoms with Crippen LogP contribution >= 0.6 is 28.3 Å². The van der Waals surface area contributed by atoms with Gasteiger partial charge in [-0.3, -0.25) is 4.79 Å². The smallest absolute Gasteiger partial charge is 0.225 e. The number of carbonyl (C=O) groups excluding carboxylic acids is 1. The molecular formula is C16H24BrClN2O2. The van der Waals surface area contributed by atoms with Gasteiger partial charge < -0.3 is 15.8 Å². The van der Waals surface area contributed by atoms with Crippen LogP contribution in [0.4, 0.5) is 5.69 Å². The quantitative estimate of drug-likeness (QED) is 0.793. The molecular weight excluding hydrogens is 368 g/mol. The lowest BCUT2D eigenvalue weighted by Crippen LogP contribution is -2.36. The third-order valence-electron chi connectivity index (χ3n) is 4.33. The Morgan fingerprint density at radius 2 is 2.05 bits per heavy atom. The average Bonchev–Trinajstić information content (AvgIpc) is 2.50. The van der Waals surface area contributed by atoms with E-state index in [4.69, 9.17) is 10.5 Å². The van der Waals surface area contributed by atoms with Gasteiger partial charge in [0.2, 0.25) is 5.91 Å². The van der Waals surface area contributed by atoms with Gasteiger partial charge in [-0.15, -0.1) is 12.4 Å². The van der Waals surface area contributed by atoms with Crippen molar-refractivity contribution < 1.29 is 9.53 Å². The maximum absolute atomic E-state index is 12.4. The second kappa shape index (κ2) is 8.75. The fourth-order valence-corrected chi connectivity index (χ4v) is 3.36. The zero-order chi connectivity index (χ0) is 15.3. The lowest BCUT2D eigenvalue weighted by atomic mass is 9.71. The van der Waals surface area contributed by atoms with E-state index in [-0.39, 0.29) is 23.7 Å². The molecule has 0 aromatic heterocycles. The molecule has 4 nitrogen and oxygen atoms in total. The minimum atomic E-state index is -0.0202. The fourth-order valence-electron chi connectivity index (χ4n) is 3.02. The zero-order valence-electron chi connectivity index (χ0n) is 12.9. The predicted molar refractivity (Wildman–Crippen MR) is 95.8 cm³/mol. The van der Waals surface area contributed by atoms with E-state index in [1.54, 1.807) is 7.11 Å². The summed E-state index contributed by atoms with van der Waals surface area (Å²) in [5.74, 6) is 0.746. The van der Waals surface area contributed by atoms with Crippen molar-refractivity contribution >= 4 is 39.9 Å². The van der Waals surface area contributed by atoms with Crippen molar-refractivity contribution in [1.82, 2.24) is 0 Å². The predicted octanol–water partition coefficient (Wildman–Crippen LogP) is 4.12. The van der Waals surface area contributed by atoms with Gasteiger partial charge in [-0.25, -0.2) is 0 Å². The van der Waals surface area contributed by atoms with Gasteiger partial charge >= 0.3 is 0 Å². The van der Waals surface area contributed by atoms with Gasteiger partial charge in [-0.05, 0) is 52.9 Å². The number of methoxy groups -OCH3 is 1. The molecule has 6 heteroatoms. The summed E-state index contributed by atoms with van der Waals surface area (Å²) in [6.45, 7) is 0.583. The number of amides is 1. The molecule has 1 aromatic carbocycles. The Labute approximate surface area is 146 Å². The summed E-state index contributed by atoms with van der Waals surface area (Å²) in [6, 6.07) is 5.54. The third kappa shape index (κ3) is 4.86. The van der Waals surface area contributed by atoms with Gasteiger partial charge in [0, 0.05) is 17.0 Å². The molecule has 0 bridgehead atoms. The number of benzene rings is 1. The first kappa shape index (κ1) is 19.3. The van der Waals surface area contributed by atoms with E-state index in [0.717, 1.165) is 28.8 Å². The number of halogens is 2. The van der Waals surface area contributed by atoms with Crippen LogP contribution in [0.25, 0.3) is 0 Å². The number of carbonyl (C=O) groups is 1. The van der Waals surface area contributed by atoms with Gasteiger partial charge in [-0.2, -0.15) is 0 Å². The van der Waals surface area contributed by atoms with Crippen molar-refractivity contribution in [3.8, 4) is 5.75 Å². The largest absolute Gasteiger partial charge is 0.497 e. The highest BCUT2D eigenvalue weighted by molar-refractivity contribution is 9.10. The highest BCUT2D eigenvalue weighted by Gasteiger charge is 2.33. The van der Waals surface area contributed by atoms with Gasteiger partial charge in [0.15, 0.2) is 0 Å². The molecule has 2 rings (SSSR count). The van der Waals surface area contributed by atoms with E-state index in [1.165, 1.54) is 19.3 Å². The van der Waals surface area contributed by atoms with Crippen LogP contribution in [0.1, 0.15) is 38.5 Å². The molecule has 1 fully saturated rings. The van der Waals surface area contributed by atoms with Crippen molar-refractivity contribution in [3.05, 3.63) is 22.7 Å². The Bertz CT molecular complexity index is 505. The number of rotatable bonds is 5. The van der Waals surface area contributed by atoms with Crippen molar-refractivity contribution in [2.24, 2.45) is 11.1 Å². The lowest BCUT2D eigenvalue weighted by molar-refractivity contribution is -0.118. The topological polar surface area (TPSA) is 64.3 Å². The number of anilines is 1. The Kier molecular flexibility index (Phi) is 7.66. The molecule has 1 aliphatic rings. The summed E-state index contributed by atoms with van der Waals surface area (Å²) < 4.78 is 6.04. The van der Waals surface area contributed by atoms with Crippen molar-refractivity contribution in [2.45, 2.75) is 38.5 Å². The molecule has 1 amide bonds. The number of hydrogen-bond acceptors (Lipinski definition) is 3. The van der Waals surface area contributed by atoms with Crippen LogP contribution in [0, 0.1) is 5.41 Å². The Morgan fingerprint density at radius 3 is 2.64 bits per heavy atom. The Morgan fingerprint density at radius 1 is 1.36 bits per heavy atom. The van der Waals surface area contributed by atoms with E-state index in [9.17, 15) is 4.79 Å². The summed E-state index contributed by atoms with van der Waals surface area (Å²) in [6.07, 6.45) is 6.20. The molecule has 0 radical (unpaired) electrons. The standard InChI is InChI=1S/C16H23BrN2O2.ClH/c1-21-12-5-6-13(17)14(9-12)19-15(20)10-16(11-18)7-3-2-4-8-16;/h5-6,9H,2-4,7-8,10-11,18H2,1H3,(H,19,20);1H. The molecule has 0 atom stereocenters. The molecule has 124 valence electrons. The summed E-state index contributed by atoms with van der Waals surface area (Å²) >= 11 is 3.45. The summed E-state index contributed by atoms with van der Waals surface area (Å²) in [7, 11) is 1.61. The number of nitrogens with two attached hydrogens (primary N) is 1. The summed E-state index contributed by atoms with van der Waals surface area (Å²) in [4.78, 5) is 12.4. The van der Waals surface area contributed by atoms with E-state index >= 15 is 0 Å². The van der Waals surface area contributed by atoms with Gasteiger partial charge in [0.25, 0.3) is 0 Å². The minimum absolute atomic E-state index is 0. The van der Waals surface area contributed by atoms with Crippen LogP contribution in [-0.4, -0.2) is 19.6 Å². The van der Waals surface area contributed by atoms with Crippen LogP contribution in [-0.2, 0) is 4.79 Å². The van der Waals surface area contributed by atoms with Crippen LogP contribution in [0.2, 0.25) is 0 Å². The molecule has 1 aromatic rings. The van der Waals surface area contributed by atoms with E-state index in [2.05, 4.69) is 21.2 Å². The molecule has 0 heterocycles. The van der Waals surface area contributed by atoms with E-state index < -0.39 is 0 Å². The number of nitrogens with one attached hydrogen (secondary N) is 1. The maximum Gasteiger partial charge on any atom is 0.225 e. The lowest BCUT2D eigenvalue weighted by Gasteiger charge is -2.35. The average molecular weight is 392 g/mol. The van der Waals surface area contributed by atoms with Gasteiger partial charge in [0.05, 0.1) is 12.8 Å². The molecule has 1 saturated carbocycles. The number of hydrogen-bond donors (Lipinski definition) is 2. The molecule has 1 aliphatic carbocycles. The normalized spacial score (nSPS) is 16.5. The van der Waals surface area contributed by atoms with Crippen LogP contribution in [0.15, 0.2) is 22.7 Å². The highest BCUT2D eigenvalue weighted by atomic mass is 79.9. The van der Waals surface area contributed by atoms with Crippen LogP contribution < -0.4 is 15.8 Å². The van der Waals surface area contributed by atoms with Gasteiger partial charge in [0.1, 0.15) is 5.75 Å². The monoisotopic (exact) mass is 390 g/mol. The molecule has 0 saturated heterocycles. The maximum atomic E-state index is 12.4. The Balaban J connectivity index is 0.00000242. The second-order valence-electron chi connectivity index (χ2n) is 5.84. The molecule has 3 N–H and O–H groups in total. The molecule has 0 spiro atoms. The van der Waals surface area contributed by atoms with Crippen LogP contribution in [0.5, 0.6) is 5.75 Å². The van der Waals surface area contributed by atoms with Crippen molar-refractivity contribution in [2.75, 3.05) is 19.0 Å². The van der Waals surface area contributed by atoms with Crippen molar-refractivity contribution in [3.63, 3.8) is 0 Å². The molecule has 0 aliphatic heterocycles. The van der Waals surface area contributed by atoms with Crippen molar-refractivity contribution in [1.29, 1.82) is 0 Å². The highest BCUT2D eigenvalue weighted by Crippen LogP contribution is 2.39. The van der Waals surface area contributed by atoms with E-state index in [1.807, 2.05) is 18.2 Å². The molecule has 0 unspecified atom stereocenters. The zero-order valence-corrected chi connectivity index (χ0v) is 15.3. The van der Waals surface area contributed by atoms with Gasteiger partial charge in [-0.1, -0.05) is 19.3 Å². The molecule has 22 heavy (non-hydrogen) atoms. The number of ether oxygens (including phenoxy) is 1. The first-order valence-corrected chi connectivity index (χ1v) is 8.21. The summed E-state index contributed by atoms with van der Waals surface area (Å²) in [5, 5.41) is 2.97. The second-order valence-corrected chi connectivity index (χ2v) is 6.69. The first-order chi connectivity index (χ1) is 10.1. The summed E-state index contributed by atoms with van der Waals surface area (Å²) in [5.41, 5.74) is 6.66. The van der Waals surface area contributed by atoms with Crippen LogP contribution in [0.3, 0.4) is 0 Å². The third-order valence-corrected chi connectivity index (χ3v) is 5.02. The first-order valence-electron chi connectivity index (χ1n) is 7.42. The fraction of sp³-hybridized carbons (Fsp3) is 0.562.